The van der Waals surface area contributed by atoms with Gasteiger partial charge in [0, 0.05) is 34.8 Å². The number of nitrogens with zero attached hydrogens (tertiary/aromatic N) is 5. The molecule has 10 heteroatoms. The van der Waals surface area contributed by atoms with E-state index in [1.807, 2.05) is 12.1 Å². The van der Waals surface area contributed by atoms with E-state index in [0.717, 1.165) is 5.39 Å². The average molecular weight is 488 g/mol. The van der Waals surface area contributed by atoms with Crippen LogP contribution in [0.15, 0.2) is 78.2 Å². The number of carbonyl (C=O) groups is 1. The van der Waals surface area contributed by atoms with Gasteiger partial charge in [-0.3, -0.25) is 4.98 Å². The second-order valence-electron chi connectivity index (χ2n) is 7.82. The summed E-state index contributed by atoms with van der Waals surface area (Å²) in [5.41, 5.74) is 6.51. The standard InChI is InChI=1S/C25H19ClFN7O/c1-15(31-32-25(35)30-19-6-4-18(26)5-7-19)22-8-9-24-29-14-20(34(24)33-22)12-17-11-16-3-2-10-28-23(16)13-21(17)27/h2-11,13-14H,12H2,1H3,(H2,30,32,35)/b31-15-. The van der Waals surface area contributed by atoms with Crippen molar-refractivity contribution in [3.63, 3.8) is 0 Å². The molecule has 0 saturated heterocycles. The van der Waals surface area contributed by atoms with Crippen molar-refractivity contribution in [1.82, 2.24) is 25.0 Å². The van der Waals surface area contributed by atoms with Crippen LogP contribution in [0.25, 0.3) is 16.6 Å². The smallest absolute Gasteiger partial charge is 0.307 e. The minimum atomic E-state index is -0.502. The highest BCUT2D eigenvalue weighted by molar-refractivity contribution is 6.30. The van der Waals surface area contributed by atoms with Gasteiger partial charge in [-0.25, -0.2) is 24.1 Å². The Morgan fingerprint density at radius 2 is 1.94 bits per heavy atom. The number of carbonyl (C=O) groups excluding carboxylic acids is 1. The molecule has 2 aromatic carbocycles. The van der Waals surface area contributed by atoms with Crippen LogP contribution in [0, 0.1) is 5.82 Å². The fraction of sp³-hybridized carbons (Fsp3) is 0.0800. The number of pyridine rings is 1. The molecule has 174 valence electrons. The quantitative estimate of drug-likeness (QED) is 0.263. The van der Waals surface area contributed by atoms with Crippen LogP contribution < -0.4 is 10.7 Å². The number of urea groups is 1. The highest BCUT2D eigenvalue weighted by Gasteiger charge is 2.12. The van der Waals surface area contributed by atoms with E-state index in [0.29, 0.717) is 51.0 Å². The number of hydrazone groups is 1. The molecule has 2 amide bonds. The first-order valence-corrected chi connectivity index (χ1v) is 11.1. The number of fused-ring (bicyclic) bond motifs is 2. The zero-order valence-electron chi connectivity index (χ0n) is 18.5. The summed E-state index contributed by atoms with van der Waals surface area (Å²) in [6.07, 6.45) is 3.60. The molecule has 0 unspecified atom stereocenters. The fourth-order valence-electron chi connectivity index (χ4n) is 3.59. The Labute approximate surface area is 204 Å². The minimum Gasteiger partial charge on any atom is -0.307 e. The molecule has 5 aromatic rings. The van der Waals surface area contributed by atoms with Gasteiger partial charge in [-0.15, -0.1) is 0 Å². The Morgan fingerprint density at radius 3 is 2.77 bits per heavy atom. The van der Waals surface area contributed by atoms with Crippen molar-refractivity contribution in [2.75, 3.05) is 5.32 Å². The molecule has 0 radical (unpaired) electrons. The second kappa shape index (κ2) is 9.47. The lowest BCUT2D eigenvalue weighted by Crippen LogP contribution is -2.25. The number of amides is 2. The maximum atomic E-state index is 14.7. The number of imidazole rings is 1. The zero-order valence-corrected chi connectivity index (χ0v) is 19.3. The van der Waals surface area contributed by atoms with Gasteiger partial charge >= 0.3 is 6.03 Å². The lowest BCUT2D eigenvalue weighted by atomic mass is 10.1. The number of rotatable bonds is 5. The molecule has 3 heterocycles. The van der Waals surface area contributed by atoms with Crippen molar-refractivity contribution in [3.05, 3.63) is 101 Å². The average Bonchev–Trinajstić information content (AvgIpc) is 3.26. The summed E-state index contributed by atoms with van der Waals surface area (Å²) >= 11 is 5.85. The van der Waals surface area contributed by atoms with E-state index in [1.54, 1.807) is 66.3 Å². The van der Waals surface area contributed by atoms with Crippen molar-refractivity contribution in [3.8, 4) is 0 Å². The topological polar surface area (TPSA) is 96.6 Å². The molecular weight excluding hydrogens is 469 g/mol. The lowest BCUT2D eigenvalue weighted by Gasteiger charge is -2.07. The van der Waals surface area contributed by atoms with Gasteiger partial charge in [0.25, 0.3) is 0 Å². The van der Waals surface area contributed by atoms with Gasteiger partial charge < -0.3 is 5.32 Å². The molecular formula is C25H19ClFN7O. The monoisotopic (exact) mass is 487 g/mol. The summed E-state index contributed by atoms with van der Waals surface area (Å²) in [6, 6.07) is 16.7. The van der Waals surface area contributed by atoms with Crippen LogP contribution in [0.3, 0.4) is 0 Å². The van der Waals surface area contributed by atoms with Crippen LogP contribution in [0.5, 0.6) is 0 Å². The third-order valence-corrected chi connectivity index (χ3v) is 5.63. The van der Waals surface area contributed by atoms with Gasteiger partial charge in [0.2, 0.25) is 0 Å². The summed E-state index contributed by atoms with van der Waals surface area (Å²) in [7, 11) is 0. The second-order valence-corrected chi connectivity index (χ2v) is 8.26. The van der Waals surface area contributed by atoms with Gasteiger partial charge in [0.1, 0.15) is 11.5 Å². The summed E-state index contributed by atoms with van der Waals surface area (Å²) in [5, 5.41) is 12.8. The molecule has 0 saturated carbocycles. The summed E-state index contributed by atoms with van der Waals surface area (Å²) in [6.45, 7) is 1.73. The molecule has 0 bridgehead atoms. The third-order valence-electron chi connectivity index (χ3n) is 5.37. The van der Waals surface area contributed by atoms with Crippen LogP contribution in [0.1, 0.15) is 23.9 Å². The van der Waals surface area contributed by atoms with Gasteiger partial charge in [0.05, 0.1) is 23.1 Å². The number of halogens is 2. The Kier molecular flexibility index (Phi) is 6.07. The fourth-order valence-corrected chi connectivity index (χ4v) is 3.72. The predicted molar refractivity (Wildman–Crippen MR) is 133 cm³/mol. The van der Waals surface area contributed by atoms with E-state index in [-0.39, 0.29) is 5.82 Å². The SMILES string of the molecule is C/C(=N/NC(=O)Nc1ccc(Cl)cc1)c1ccc2ncc(Cc3cc4cccnc4cc3F)n2n1. The van der Waals surface area contributed by atoms with Crippen LogP contribution in [-0.4, -0.2) is 31.3 Å². The minimum absolute atomic E-state index is 0.298. The van der Waals surface area contributed by atoms with Gasteiger partial charge in [-0.2, -0.15) is 10.2 Å². The Hall–Kier alpha value is -4.37. The summed E-state index contributed by atoms with van der Waals surface area (Å²) < 4.78 is 16.4. The highest BCUT2D eigenvalue weighted by Crippen LogP contribution is 2.20. The van der Waals surface area contributed by atoms with Crippen molar-refractivity contribution < 1.29 is 9.18 Å². The number of nitrogens with one attached hydrogen (secondary N) is 2. The molecule has 35 heavy (non-hydrogen) atoms. The number of aromatic nitrogens is 4. The van der Waals surface area contributed by atoms with E-state index >= 15 is 0 Å². The maximum Gasteiger partial charge on any atom is 0.339 e. The number of hydrogen-bond donors (Lipinski definition) is 2. The van der Waals surface area contributed by atoms with E-state index in [4.69, 9.17) is 11.6 Å². The molecule has 0 fully saturated rings. The van der Waals surface area contributed by atoms with Crippen LogP contribution in [0.4, 0.5) is 14.9 Å². The van der Waals surface area contributed by atoms with Crippen LogP contribution in [-0.2, 0) is 6.42 Å². The number of hydrogen-bond acceptors (Lipinski definition) is 5. The predicted octanol–water partition coefficient (Wildman–Crippen LogP) is 5.21. The summed E-state index contributed by atoms with van der Waals surface area (Å²) in [5.74, 6) is -0.337. The summed E-state index contributed by atoms with van der Waals surface area (Å²) in [4.78, 5) is 20.7. The van der Waals surface area contributed by atoms with Crippen molar-refractivity contribution >= 4 is 45.6 Å². The number of benzene rings is 2. The van der Waals surface area contributed by atoms with Crippen molar-refractivity contribution in [2.45, 2.75) is 13.3 Å². The molecule has 0 atom stereocenters. The Balaban J connectivity index is 1.35. The van der Waals surface area contributed by atoms with Gasteiger partial charge in [-0.1, -0.05) is 17.7 Å². The molecule has 0 aliphatic rings. The van der Waals surface area contributed by atoms with E-state index in [9.17, 15) is 9.18 Å². The Bertz CT molecular complexity index is 1580. The molecule has 5 rings (SSSR count). The number of anilines is 1. The molecule has 8 nitrogen and oxygen atoms in total. The highest BCUT2D eigenvalue weighted by atomic mass is 35.5. The van der Waals surface area contributed by atoms with E-state index < -0.39 is 6.03 Å². The van der Waals surface area contributed by atoms with E-state index in [2.05, 4.69) is 30.9 Å². The van der Waals surface area contributed by atoms with Crippen molar-refractivity contribution in [2.24, 2.45) is 5.10 Å². The third kappa shape index (κ3) is 4.95. The maximum absolute atomic E-state index is 14.7. The van der Waals surface area contributed by atoms with E-state index in [1.165, 1.54) is 6.07 Å². The van der Waals surface area contributed by atoms with Crippen LogP contribution in [0.2, 0.25) is 5.02 Å². The zero-order chi connectivity index (χ0) is 24.4. The molecule has 0 aliphatic carbocycles. The normalized spacial score (nSPS) is 11.7. The molecule has 3 aromatic heterocycles. The first kappa shape index (κ1) is 22.4. The van der Waals surface area contributed by atoms with Crippen LogP contribution >= 0.6 is 11.6 Å². The lowest BCUT2D eigenvalue weighted by molar-refractivity contribution is 0.252. The largest absolute Gasteiger partial charge is 0.339 e. The molecule has 0 aliphatic heterocycles. The van der Waals surface area contributed by atoms with Crippen molar-refractivity contribution in [1.29, 1.82) is 0 Å². The molecule has 0 spiro atoms. The Morgan fingerprint density at radius 1 is 1.11 bits per heavy atom. The van der Waals surface area contributed by atoms with Gasteiger partial charge in [-0.05, 0) is 61.0 Å². The first-order valence-electron chi connectivity index (χ1n) is 10.7. The first-order chi connectivity index (χ1) is 17.0. The van der Waals surface area contributed by atoms with Gasteiger partial charge in [0.15, 0.2) is 5.65 Å². The molecule has 2 N–H and O–H groups in total.